The fourth-order valence-corrected chi connectivity index (χ4v) is 1.06. The summed E-state index contributed by atoms with van der Waals surface area (Å²) < 4.78 is 12.4. The van der Waals surface area contributed by atoms with Gasteiger partial charge in [0.05, 0.1) is 10.6 Å². The van der Waals surface area contributed by atoms with Crippen LogP contribution in [-0.4, -0.2) is 5.24 Å². The summed E-state index contributed by atoms with van der Waals surface area (Å²) in [5.41, 5.74) is -0.00617. The van der Waals surface area contributed by atoms with Crippen LogP contribution >= 0.6 is 23.2 Å². The lowest BCUT2D eigenvalue weighted by Gasteiger charge is -1.96. The molecule has 0 aromatic heterocycles. The molecule has 0 radical (unpaired) electrons. The van der Waals surface area contributed by atoms with Gasteiger partial charge in [-0.25, -0.2) is 4.39 Å². The molecule has 0 unspecified atom stereocenters. The molecule has 1 aromatic rings. The molecule has 1 aromatic carbocycles. The van der Waals surface area contributed by atoms with E-state index >= 15 is 0 Å². The third-order valence-electron chi connectivity index (χ3n) is 1.14. The Kier molecular flexibility index (Phi) is 2.47. The van der Waals surface area contributed by atoms with E-state index in [9.17, 15) is 9.18 Å². The van der Waals surface area contributed by atoms with Gasteiger partial charge in [-0.1, -0.05) is 11.6 Å². The van der Waals surface area contributed by atoms with E-state index in [0.29, 0.717) is 0 Å². The summed E-state index contributed by atoms with van der Waals surface area (Å²) in [6.07, 6.45) is 0. The number of carbonyl (C=O) groups excluding carboxylic acids is 1. The van der Waals surface area contributed by atoms with Gasteiger partial charge in [0.25, 0.3) is 5.24 Å². The monoisotopic (exact) mass is 192 g/mol. The van der Waals surface area contributed by atoms with E-state index in [0.717, 1.165) is 12.1 Å². The van der Waals surface area contributed by atoms with Crippen LogP contribution in [0.3, 0.4) is 0 Å². The van der Waals surface area contributed by atoms with Crippen LogP contribution in [0.4, 0.5) is 4.39 Å². The van der Waals surface area contributed by atoms with Gasteiger partial charge < -0.3 is 0 Å². The number of benzene rings is 1. The minimum Gasteiger partial charge on any atom is -0.276 e. The molecule has 0 amide bonds. The van der Waals surface area contributed by atoms with Gasteiger partial charge in [0, 0.05) is 0 Å². The zero-order valence-electron chi connectivity index (χ0n) is 5.27. The molecule has 58 valence electrons. The van der Waals surface area contributed by atoms with Crippen LogP contribution in [0.25, 0.3) is 0 Å². The highest BCUT2D eigenvalue weighted by Gasteiger charge is 2.07. The Balaban J connectivity index is 3.23. The molecule has 4 heteroatoms. The molecule has 11 heavy (non-hydrogen) atoms. The smallest absolute Gasteiger partial charge is 0.253 e. The van der Waals surface area contributed by atoms with Gasteiger partial charge in [0.15, 0.2) is 0 Å². The normalized spacial score (nSPS) is 9.73. The second-order valence-electron chi connectivity index (χ2n) is 1.90. The van der Waals surface area contributed by atoms with Gasteiger partial charge in [-0.3, -0.25) is 4.79 Å². The predicted octanol–water partition coefficient (Wildman–Crippen LogP) is 2.86. The number of carbonyl (C=O) groups is 1. The van der Waals surface area contributed by atoms with E-state index in [1.54, 1.807) is 0 Å². The minimum atomic E-state index is -0.755. The van der Waals surface area contributed by atoms with Crippen molar-refractivity contribution in [2.24, 2.45) is 0 Å². The lowest BCUT2D eigenvalue weighted by molar-refractivity contribution is 0.108. The number of hydrogen-bond acceptors (Lipinski definition) is 1. The maximum absolute atomic E-state index is 12.4. The Morgan fingerprint density at radius 2 is 2.09 bits per heavy atom. The van der Waals surface area contributed by atoms with Crippen LogP contribution in [0.1, 0.15) is 10.4 Å². The van der Waals surface area contributed by atoms with Gasteiger partial charge in [0.1, 0.15) is 5.82 Å². The number of rotatable bonds is 1. The van der Waals surface area contributed by atoms with Crippen LogP contribution in [0.5, 0.6) is 0 Å². The standard InChI is InChI=1S/C7H3Cl2FO/c8-6-2-1-4(10)3-5(6)7(9)11/h1-3H. The van der Waals surface area contributed by atoms with Crippen molar-refractivity contribution in [1.29, 1.82) is 0 Å². The topological polar surface area (TPSA) is 17.1 Å². The van der Waals surface area contributed by atoms with Crippen LogP contribution in [0.2, 0.25) is 5.02 Å². The largest absolute Gasteiger partial charge is 0.276 e. The summed E-state index contributed by atoms with van der Waals surface area (Å²) in [5.74, 6) is -0.529. The maximum Gasteiger partial charge on any atom is 0.253 e. The summed E-state index contributed by atoms with van der Waals surface area (Å²) in [6.45, 7) is 0. The first-order valence-electron chi connectivity index (χ1n) is 2.76. The lowest BCUT2D eigenvalue weighted by atomic mass is 10.2. The molecule has 0 fully saturated rings. The second kappa shape index (κ2) is 3.20. The molecule has 0 saturated carbocycles. The fourth-order valence-electron chi connectivity index (χ4n) is 0.648. The molecule has 1 nitrogen and oxygen atoms in total. The van der Waals surface area contributed by atoms with Crippen molar-refractivity contribution in [3.05, 3.63) is 34.6 Å². The first-order valence-corrected chi connectivity index (χ1v) is 3.52. The molecule has 1 rings (SSSR count). The highest BCUT2D eigenvalue weighted by atomic mass is 35.5. The van der Waals surface area contributed by atoms with Gasteiger partial charge in [-0.05, 0) is 29.8 Å². The summed E-state index contributed by atoms with van der Waals surface area (Å²) in [7, 11) is 0. The molecule has 0 aliphatic heterocycles. The van der Waals surface area contributed by atoms with E-state index in [4.69, 9.17) is 23.2 Å². The van der Waals surface area contributed by atoms with E-state index < -0.39 is 11.1 Å². The average molecular weight is 193 g/mol. The van der Waals surface area contributed by atoms with E-state index in [1.807, 2.05) is 0 Å². The van der Waals surface area contributed by atoms with Crippen LogP contribution < -0.4 is 0 Å². The fraction of sp³-hybridized carbons (Fsp3) is 0. The van der Waals surface area contributed by atoms with Crippen molar-refractivity contribution < 1.29 is 9.18 Å². The zero-order chi connectivity index (χ0) is 8.43. The third kappa shape index (κ3) is 1.91. The summed E-state index contributed by atoms with van der Waals surface area (Å²) in [5, 5.41) is -0.596. The molecule has 0 aliphatic rings. The summed E-state index contributed by atoms with van der Waals surface area (Å²) in [6, 6.07) is 3.44. The Bertz CT molecular complexity index is 298. The van der Waals surface area contributed by atoms with Gasteiger partial charge in [-0.2, -0.15) is 0 Å². The predicted molar refractivity (Wildman–Crippen MR) is 41.6 cm³/mol. The molecule has 0 heterocycles. The molecule has 0 saturated heterocycles. The lowest BCUT2D eigenvalue weighted by Crippen LogP contribution is -1.90. The van der Waals surface area contributed by atoms with Gasteiger partial charge in [-0.15, -0.1) is 0 Å². The average Bonchev–Trinajstić information content (AvgIpc) is 1.94. The Morgan fingerprint density at radius 3 is 2.55 bits per heavy atom. The molecule has 0 aliphatic carbocycles. The summed E-state index contributed by atoms with van der Waals surface area (Å²) in [4.78, 5) is 10.5. The summed E-state index contributed by atoms with van der Waals surface area (Å²) >= 11 is 10.6. The van der Waals surface area contributed by atoms with Gasteiger partial charge >= 0.3 is 0 Å². The van der Waals surface area contributed by atoms with Gasteiger partial charge in [0.2, 0.25) is 0 Å². The molecule has 0 spiro atoms. The molecule has 0 atom stereocenters. The molecular weight excluding hydrogens is 190 g/mol. The first-order chi connectivity index (χ1) is 5.11. The van der Waals surface area contributed by atoms with Crippen LogP contribution in [0.15, 0.2) is 18.2 Å². The first kappa shape index (κ1) is 8.50. The van der Waals surface area contributed by atoms with E-state index in [-0.39, 0.29) is 10.6 Å². The Hall–Kier alpha value is -0.600. The minimum absolute atomic E-state index is 0.00617. The quantitative estimate of drug-likeness (QED) is 0.626. The third-order valence-corrected chi connectivity index (χ3v) is 1.67. The maximum atomic E-state index is 12.4. The molecular formula is C7H3Cl2FO. The highest BCUT2D eigenvalue weighted by molar-refractivity contribution is 6.68. The number of halogens is 3. The Labute approximate surface area is 72.7 Å². The molecule has 0 bridgehead atoms. The number of hydrogen-bond donors (Lipinski definition) is 0. The zero-order valence-corrected chi connectivity index (χ0v) is 6.79. The van der Waals surface area contributed by atoms with E-state index in [1.165, 1.54) is 6.07 Å². The second-order valence-corrected chi connectivity index (χ2v) is 2.65. The molecule has 0 N–H and O–H groups in total. The van der Waals surface area contributed by atoms with Crippen molar-refractivity contribution in [3.63, 3.8) is 0 Å². The van der Waals surface area contributed by atoms with Crippen molar-refractivity contribution in [3.8, 4) is 0 Å². The van der Waals surface area contributed by atoms with Crippen molar-refractivity contribution in [1.82, 2.24) is 0 Å². The van der Waals surface area contributed by atoms with Crippen molar-refractivity contribution in [2.75, 3.05) is 0 Å². The van der Waals surface area contributed by atoms with Crippen molar-refractivity contribution >= 4 is 28.4 Å². The van der Waals surface area contributed by atoms with Crippen LogP contribution in [0, 0.1) is 5.82 Å². The van der Waals surface area contributed by atoms with E-state index in [2.05, 4.69) is 0 Å². The highest BCUT2D eigenvalue weighted by Crippen LogP contribution is 2.18. The SMILES string of the molecule is O=C(Cl)c1cc(F)ccc1Cl. The Morgan fingerprint density at radius 1 is 1.45 bits per heavy atom. The van der Waals surface area contributed by atoms with Crippen LogP contribution in [-0.2, 0) is 0 Å². The van der Waals surface area contributed by atoms with Crippen molar-refractivity contribution in [2.45, 2.75) is 0 Å².